The fourth-order valence-corrected chi connectivity index (χ4v) is 4.65. The van der Waals surface area contributed by atoms with Crippen molar-refractivity contribution in [3.8, 4) is 0 Å². The number of rotatable bonds is 3. The number of hydrogen-bond acceptors (Lipinski definition) is 5. The molecule has 26 heavy (non-hydrogen) atoms. The molecule has 3 fully saturated rings. The summed E-state index contributed by atoms with van der Waals surface area (Å²) in [5.41, 5.74) is 0.125. The van der Waals surface area contributed by atoms with Gasteiger partial charge in [0.15, 0.2) is 5.82 Å². The zero-order chi connectivity index (χ0) is 16.6. The first-order valence-electron chi connectivity index (χ1n) is 9.17. The fraction of sp³-hybridized carbons (Fsp3) is 0.722. The second-order valence-electron chi connectivity index (χ2n) is 7.86. The molecule has 3 heterocycles. The summed E-state index contributed by atoms with van der Waals surface area (Å²) in [6.45, 7) is 6.13. The van der Waals surface area contributed by atoms with Gasteiger partial charge in [0.1, 0.15) is 0 Å². The summed E-state index contributed by atoms with van der Waals surface area (Å²) < 4.78 is 0. The van der Waals surface area contributed by atoms with Crippen LogP contribution in [-0.2, 0) is 4.79 Å². The molecule has 146 valence electrons. The van der Waals surface area contributed by atoms with E-state index in [1.54, 1.807) is 6.20 Å². The Morgan fingerprint density at radius 1 is 1.27 bits per heavy atom. The van der Waals surface area contributed by atoms with Crippen LogP contribution in [0.2, 0.25) is 0 Å². The van der Waals surface area contributed by atoms with Gasteiger partial charge in [-0.05, 0) is 62.7 Å². The maximum absolute atomic E-state index is 12.9. The van der Waals surface area contributed by atoms with Crippen LogP contribution in [0.3, 0.4) is 0 Å². The quantitative estimate of drug-likeness (QED) is 0.811. The van der Waals surface area contributed by atoms with Gasteiger partial charge in [0.05, 0.1) is 5.41 Å². The molecule has 1 unspecified atom stereocenters. The molecule has 0 bridgehead atoms. The summed E-state index contributed by atoms with van der Waals surface area (Å²) >= 11 is 0. The van der Waals surface area contributed by atoms with E-state index in [4.69, 9.17) is 0 Å². The molecule has 2 aliphatic heterocycles. The summed E-state index contributed by atoms with van der Waals surface area (Å²) in [7, 11) is 0. The molecule has 3 aliphatic rings. The molecule has 1 aliphatic carbocycles. The van der Waals surface area contributed by atoms with Crippen LogP contribution >= 0.6 is 24.8 Å². The van der Waals surface area contributed by atoms with Gasteiger partial charge in [0.2, 0.25) is 5.91 Å². The maximum Gasteiger partial charge on any atom is 0.226 e. The largest absolute Gasteiger partial charge is 0.355 e. The molecule has 1 saturated carbocycles. The maximum atomic E-state index is 12.9. The van der Waals surface area contributed by atoms with Crippen LogP contribution in [0, 0.1) is 10.8 Å². The molecule has 0 aromatic carbocycles. The second kappa shape index (κ2) is 8.28. The van der Waals surface area contributed by atoms with E-state index in [9.17, 15) is 4.79 Å². The predicted octanol–water partition coefficient (Wildman–Crippen LogP) is 2.19. The van der Waals surface area contributed by atoms with Crippen molar-refractivity contribution in [2.75, 3.05) is 31.1 Å². The van der Waals surface area contributed by atoms with Crippen molar-refractivity contribution in [3.05, 3.63) is 18.3 Å². The van der Waals surface area contributed by atoms with Crippen LogP contribution in [0.25, 0.3) is 0 Å². The SMILES string of the molecule is CC1(C(=O)NC2CCN(c3cccnn3)CC2)CC12CCNCC2.Cl.Cl. The van der Waals surface area contributed by atoms with E-state index in [-0.39, 0.29) is 41.6 Å². The van der Waals surface area contributed by atoms with Crippen LogP contribution in [0.4, 0.5) is 5.82 Å². The number of halogens is 2. The lowest BCUT2D eigenvalue weighted by Crippen LogP contribution is -2.48. The Kier molecular flexibility index (Phi) is 6.75. The highest BCUT2D eigenvalue weighted by atomic mass is 35.5. The van der Waals surface area contributed by atoms with Crippen molar-refractivity contribution < 1.29 is 4.79 Å². The van der Waals surface area contributed by atoms with Gasteiger partial charge in [0.25, 0.3) is 0 Å². The molecule has 4 rings (SSSR count). The van der Waals surface area contributed by atoms with Gasteiger partial charge in [-0.2, -0.15) is 5.10 Å². The highest BCUT2D eigenvalue weighted by Crippen LogP contribution is 2.68. The highest BCUT2D eigenvalue weighted by Gasteiger charge is 2.67. The molecule has 1 atom stereocenters. The van der Waals surface area contributed by atoms with Gasteiger partial charge < -0.3 is 15.5 Å². The minimum atomic E-state index is -0.142. The summed E-state index contributed by atoms with van der Waals surface area (Å²) in [6.07, 6.45) is 7.00. The topological polar surface area (TPSA) is 70.2 Å². The number of carbonyl (C=O) groups excluding carboxylic acids is 1. The van der Waals surface area contributed by atoms with Gasteiger partial charge >= 0.3 is 0 Å². The smallest absolute Gasteiger partial charge is 0.226 e. The molecular formula is C18H29Cl2N5O. The first-order valence-corrected chi connectivity index (χ1v) is 9.17. The lowest BCUT2D eigenvalue weighted by molar-refractivity contribution is -0.128. The van der Waals surface area contributed by atoms with E-state index < -0.39 is 0 Å². The first-order chi connectivity index (χ1) is 11.6. The first kappa shape index (κ1) is 21.2. The third kappa shape index (κ3) is 3.78. The van der Waals surface area contributed by atoms with E-state index in [2.05, 4.69) is 32.7 Å². The van der Waals surface area contributed by atoms with Crippen LogP contribution in [0.15, 0.2) is 18.3 Å². The average Bonchev–Trinajstić information content (AvgIpc) is 3.21. The lowest BCUT2D eigenvalue weighted by atomic mass is 9.85. The van der Waals surface area contributed by atoms with E-state index in [1.165, 1.54) is 0 Å². The number of hydrogen-bond donors (Lipinski definition) is 2. The number of carbonyl (C=O) groups is 1. The number of anilines is 1. The van der Waals surface area contributed by atoms with Gasteiger partial charge in [-0.15, -0.1) is 29.9 Å². The molecule has 0 radical (unpaired) electrons. The molecule has 2 saturated heterocycles. The summed E-state index contributed by atoms with van der Waals surface area (Å²) in [5.74, 6) is 1.22. The van der Waals surface area contributed by atoms with Crippen LogP contribution < -0.4 is 15.5 Å². The monoisotopic (exact) mass is 401 g/mol. The normalized spacial score (nSPS) is 27.2. The molecule has 2 N–H and O–H groups in total. The Morgan fingerprint density at radius 2 is 1.96 bits per heavy atom. The predicted molar refractivity (Wildman–Crippen MR) is 107 cm³/mol. The van der Waals surface area contributed by atoms with Crippen molar-refractivity contribution in [2.24, 2.45) is 10.8 Å². The van der Waals surface area contributed by atoms with Gasteiger partial charge in [-0.25, -0.2) is 0 Å². The van der Waals surface area contributed by atoms with Crippen molar-refractivity contribution in [1.82, 2.24) is 20.8 Å². The minimum Gasteiger partial charge on any atom is -0.355 e. The van der Waals surface area contributed by atoms with Gasteiger partial charge in [0, 0.05) is 25.3 Å². The van der Waals surface area contributed by atoms with E-state index >= 15 is 0 Å². The molecular weight excluding hydrogens is 373 g/mol. The van der Waals surface area contributed by atoms with Crippen molar-refractivity contribution in [1.29, 1.82) is 0 Å². The van der Waals surface area contributed by atoms with E-state index in [0.29, 0.717) is 6.04 Å². The molecule has 1 aromatic heterocycles. The van der Waals surface area contributed by atoms with Crippen molar-refractivity contribution in [2.45, 2.75) is 45.1 Å². The van der Waals surface area contributed by atoms with E-state index in [0.717, 1.165) is 64.1 Å². The van der Waals surface area contributed by atoms with Crippen LogP contribution in [0.5, 0.6) is 0 Å². The van der Waals surface area contributed by atoms with Gasteiger partial charge in [-0.1, -0.05) is 6.92 Å². The Balaban J connectivity index is 0.00000121. The van der Waals surface area contributed by atoms with Crippen molar-refractivity contribution >= 4 is 36.5 Å². The zero-order valence-electron chi connectivity index (χ0n) is 15.2. The summed E-state index contributed by atoms with van der Waals surface area (Å²) in [5, 5.41) is 14.9. The number of nitrogens with one attached hydrogen (secondary N) is 2. The molecule has 6 nitrogen and oxygen atoms in total. The molecule has 1 aromatic rings. The number of piperidine rings is 2. The average molecular weight is 402 g/mol. The minimum absolute atomic E-state index is 0. The standard InChI is InChI=1S/C18H27N5O.2ClH/c1-17(13-18(17)6-9-19-10-7-18)16(24)21-14-4-11-23(12-5-14)15-3-2-8-20-22-15;;/h2-3,8,14,19H,4-7,9-13H2,1H3,(H,21,24);2*1H. The molecule has 1 amide bonds. The zero-order valence-corrected chi connectivity index (χ0v) is 16.9. The molecule has 8 heteroatoms. The lowest BCUT2D eigenvalue weighted by Gasteiger charge is -2.34. The number of amides is 1. The molecule has 1 spiro atoms. The van der Waals surface area contributed by atoms with Gasteiger partial charge in [-0.3, -0.25) is 4.79 Å². The van der Waals surface area contributed by atoms with Crippen LogP contribution in [0.1, 0.15) is 39.0 Å². The Morgan fingerprint density at radius 3 is 2.58 bits per heavy atom. The Hall–Kier alpha value is -1.11. The summed E-state index contributed by atoms with van der Waals surface area (Å²) in [4.78, 5) is 15.1. The Bertz CT molecular complexity index is 603. The van der Waals surface area contributed by atoms with Crippen LogP contribution in [-0.4, -0.2) is 48.3 Å². The number of nitrogens with zero attached hydrogens (tertiary/aromatic N) is 3. The summed E-state index contributed by atoms with van der Waals surface area (Å²) in [6, 6.07) is 4.21. The third-order valence-electron chi connectivity index (χ3n) is 6.51. The number of aromatic nitrogens is 2. The fourth-order valence-electron chi connectivity index (χ4n) is 4.65. The second-order valence-corrected chi connectivity index (χ2v) is 7.86. The Labute approximate surface area is 167 Å². The van der Waals surface area contributed by atoms with Crippen molar-refractivity contribution in [3.63, 3.8) is 0 Å². The van der Waals surface area contributed by atoms with E-state index in [1.807, 2.05) is 12.1 Å². The highest BCUT2D eigenvalue weighted by molar-refractivity contribution is 5.87. The third-order valence-corrected chi connectivity index (χ3v) is 6.51.